The number of amides is 1. The zero-order valence-corrected chi connectivity index (χ0v) is 7.72. The van der Waals surface area contributed by atoms with Gasteiger partial charge < -0.3 is 16.8 Å². The van der Waals surface area contributed by atoms with Crippen molar-refractivity contribution in [3.63, 3.8) is 0 Å². The van der Waals surface area contributed by atoms with Crippen molar-refractivity contribution in [2.45, 2.75) is 0 Å². The molecule has 0 aromatic heterocycles. The molecule has 0 aliphatic rings. The molecule has 0 heterocycles. The third-order valence-corrected chi connectivity index (χ3v) is 1.07. The van der Waals surface area contributed by atoms with Crippen molar-refractivity contribution < 1.29 is 4.79 Å². The van der Waals surface area contributed by atoms with Crippen LogP contribution in [0.2, 0.25) is 0 Å². The zero-order chi connectivity index (χ0) is 9.56. The van der Waals surface area contributed by atoms with Crippen LogP contribution in [0.3, 0.4) is 0 Å². The Bertz CT molecular complexity index is 186. The van der Waals surface area contributed by atoms with Crippen molar-refractivity contribution in [3.05, 3.63) is 0 Å². The second kappa shape index (κ2) is 5.49. The van der Waals surface area contributed by atoms with Crippen molar-refractivity contribution >= 4 is 40.6 Å². The summed E-state index contributed by atoms with van der Waals surface area (Å²) < 4.78 is 0. The van der Waals surface area contributed by atoms with E-state index in [0.717, 1.165) is 0 Å². The number of rotatable bonds is 2. The number of nitrogens with one attached hydrogen (secondary N) is 3. The van der Waals surface area contributed by atoms with Crippen LogP contribution in [0.4, 0.5) is 0 Å². The minimum atomic E-state index is -0.505. The average molecular weight is 207 g/mol. The van der Waals surface area contributed by atoms with Crippen molar-refractivity contribution in [2.24, 2.45) is 11.5 Å². The molecule has 1 amide bonds. The van der Waals surface area contributed by atoms with Gasteiger partial charge in [0.2, 0.25) is 5.91 Å². The predicted octanol–water partition coefficient (Wildman–Crippen LogP) is -2.32. The number of carbonyl (C=O) groups excluding carboxylic acids is 1. The van der Waals surface area contributed by atoms with Gasteiger partial charge >= 0.3 is 0 Å². The molecule has 12 heavy (non-hydrogen) atoms. The molecule has 0 aromatic carbocycles. The van der Waals surface area contributed by atoms with Crippen LogP contribution < -0.4 is 27.6 Å². The molecule has 0 unspecified atom stereocenters. The lowest BCUT2D eigenvalue weighted by atomic mass is 10.6. The number of thiocarbonyl (C=S) groups is 2. The minimum absolute atomic E-state index is 0.0369. The normalized spacial score (nSPS) is 8.33. The molecular formula is C4H9N5OS2. The van der Waals surface area contributed by atoms with Gasteiger partial charge in [-0.25, -0.2) is 0 Å². The molecule has 0 aromatic rings. The van der Waals surface area contributed by atoms with Crippen LogP contribution in [0, 0.1) is 0 Å². The van der Waals surface area contributed by atoms with Gasteiger partial charge in [0.15, 0.2) is 10.2 Å². The van der Waals surface area contributed by atoms with Gasteiger partial charge in [0.1, 0.15) is 0 Å². The number of carbonyl (C=O) groups is 1. The van der Waals surface area contributed by atoms with E-state index < -0.39 is 5.91 Å². The third kappa shape index (κ3) is 6.96. The van der Waals surface area contributed by atoms with E-state index in [2.05, 4.69) is 40.6 Å². The van der Waals surface area contributed by atoms with E-state index in [-0.39, 0.29) is 16.8 Å². The quantitative estimate of drug-likeness (QED) is 0.256. The van der Waals surface area contributed by atoms with Crippen LogP contribution in [-0.4, -0.2) is 22.7 Å². The Morgan fingerprint density at radius 2 is 1.83 bits per heavy atom. The molecule has 0 bridgehead atoms. The lowest BCUT2D eigenvalue weighted by molar-refractivity contribution is -0.116. The van der Waals surface area contributed by atoms with Crippen molar-refractivity contribution in [3.8, 4) is 0 Å². The number of hydrogen-bond donors (Lipinski definition) is 5. The van der Waals surface area contributed by atoms with Crippen LogP contribution in [0.1, 0.15) is 0 Å². The van der Waals surface area contributed by atoms with Crippen LogP contribution in [0.15, 0.2) is 0 Å². The molecule has 7 N–H and O–H groups in total. The molecule has 0 spiro atoms. The molecular weight excluding hydrogens is 198 g/mol. The van der Waals surface area contributed by atoms with Crippen molar-refractivity contribution in [1.82, 2.24) is 16.2 Å². The van der Waals surface area contributed by atoms with E-state index in [1.54, 1.807) is 0 Å². The summed E-state index contributed by atoms with van der Waals surface area (Å²) in [5.41, 5.74) is 14.7. The lowest BCUT2D eigenvalue weighted by Crippen LogP contribution is -2.50. The van der Waals surface area contributed by atoms with E-state index in [1.165, 1.54) is 0 Å². The molecule has 0 atom stereocenters. The Balaban J connectivity index is 3.47. The van der Waals surface area contributed by atoms with Crippen molar-refractivity contribution in [2.75, 3.05) is 6.54 Å². The maximum atomic E-state index is 10.2. The molecule has 68 valence electrons. The summed E-state index contributed by atoms with van der Waals surface area (Å²) >= 11 is 9.16. The summed E-state index contributed by atoms with van der Waals surface area (Å²) in [7, 11) is 0. The van der Waals surface area contributed by atoms with Crippen LogP contribution in [0.5, 0.6) is 0 Å². The first-order valence-electron chi connectivity index (χ1n) is 2.90. The van der Waals surface area contributed by atoms with E-state index in [9.17, 15) is 4.79 Å². The highest BCUT2D eigenvalue weighted by Gasteiger charge is 1.96. The summed E-state index contributed by atoms with van der Waals surface area (Å²) in [4.78, 5) is 10.2. The van der Waals surface area contributed by atoms with E-state index >= 15 is 0 Å². The zero-order valence-electron chi connectivity index (χ0n) is 6.09. The van der Waals surface area contributed by atoms with Crippen LogP contribution >= 0.6 is 24.4 Å². The Morgan fingerprint density at radius 1 is 1.25 bits per heavy atom. The summed E-state index contributed by atoms with van der Waals surface area (Å²) in [6.45, 7) is -0.0369. The van der Waals surface area contributed by atoms with Gasteiger partial charge in [-0.05, 0) is 24.4 Å². The highest BCUT2D eigenvalue weighted by Crippen LogP contribution is 1.63. The fraction of sp³-hybridized carbons (Fsp3) is 0.250. The molecule has 0 aliphatic heterocycles. The van der Waals surface area contributed by atoms with Gasteiger partial charge in [0, 0.05) is 0 Å². The average Bonchev–Trinajstić information content (AvgIpc) is 1.96. The molecule has 0 rings (SSSR count). The number of nitrogens with two attached hydrogens (primary N) is 2. The first kappa shape index (κ1) is 10.8. The first-order valence-corrected chi connectivity index (χ1v) is 3.71. The SMILES string of the molecule is NC(=O)CNC(=S)NNC(N)=S. The standard InChI is InChI=1S/C4H9N5OS2/c5-2(10)1-7-4(12)9-8-3(6)11/h1H2,(H2,5,10)(H3,6,8,11)(H2,7,9,12). The topological polar surface area (TPSA) is 105 Å². The maximum Gasteiger partial charge on any atom is 0.236 e. The molecule has 6 nitrogen and oxygen atoms in total. The molecule has 0 saturated carbocycles. The van der Waals surface area contributed by atoms with Gasteiger partial charge in [-0.15, -0.1) is 0 Å². The van der Waals surface area contributed by atoms with Gasteiger partial charge in [0.05, 0.1) is 6.54 Å². The molecule has 0 aliphatic carbocycles. The van der Waals surface area contributed by atoms with Crippen LogP contribution in [0.25, 0.3) is 0 Å². The molecule has 8 heteroatoms. The Morgan fingerprint density at radius 3 is 2.25 bits per heavy atom. The van der Waals surface area contributed by atoms with Gasteiger partial charge in [-0.1, -0.05) is 0 Å². The Hall–Kier alpha value is -1.15. The summed E-state index contributed by atoms with van der Waals surface area (Å²) in [6.07, 6.45) is 0. The number of primary amides is 1. The van der Waals surface area contributed by atoms with E-state index in [4.69, 9.17) is 11.5 Å². The lowest BCUT2D eigenvalue weighted by Gasteiger charge is -2.09. The highest BCUT2D eigenvalue weighted by molar-refractivity contribution is 7.80. The van der Waals surface area contributed by atoms with Gasteiger partial charge in [-0.3, -0.25) is 15.6 Å². The Labute approximate surface area is 80.0 Å². The fourth-order valence-electron chi connectivity index (χ4n) is 0.330. The third-order valence-electron chi connectivity index (χ3n) is 0.722. The van der Waals surface area contributed by atoms with Crippen LogP contribution in [-0.2, 0) is 4.79 Å². The van der Waals surface area contributed by atoms with Gasteiger partial charge in [0.25, 0.3) is 0 Å². The monoisotopic (exact) mass is 207 g/mol. The maximum absolute atomic E-state index is 10.2. The summed E-state index contributed by atoms with van der Waals surface area (Å²) in [6, 6.07) is 0. The summed E-state index contributed by atoms with van der Waals surface area (Å²) in [5.74, 6) is -0.505. The summed E-state index contributed by atoms with van der Waals surface area (Å²) in [5, 5.41) is 2.76. The fourth-order valence-corrected chi connectivity index (χ4v) is 0.504. The number of hydrogen-bond acceptors (Lipinski definition) is 3. The first-order chi connectivity index (χ1) is 5.52. The number of hydrazine groups is 1. The minimum Gasteiger partial charge on any atom is -0.375 e. The smallest absolute Gasteiger partial charge is 0.236 e. The predicted molar refractivity (Wildman–Crippen MR) is 52.9 cm³/mol. The molecule has 0 saturated heterocycles. The highest BCUT2D eigenvalue weighted by atomic mass is 32.1. The van der Waals surface area contributed by atoms with Crippen molar-refractivity contribution in [1.29, 1.82) is 0 Å². The molecule has 0 fully saturated rings. The largest absolute Gasteiger partial charge is 0.375 e. The van der Waals surface area contributed by atoms with E-state index in [0.29, 0.717) is 0 Å². The Kier molecular flexibility index (Phi) is 4.97. The van der Waals surface area contributed by atoms with Gasteiger partial charge in [-0.2, -0.15) is 0 Å². The van der Waals surface area contributed by atoms with E-state index in [1.807, 2.05) is 0 Å². The second-order valence-corrected chi connectivity index (χ2v) is 2.61. The molecule has 0 radical (unpaired) electrons. The second-order valence-electron chi connectivity index (χ2n) is 1.76.